The van der Waals surface area contributed by atoms with Crippen LogP contribution in [-0.2, 0) is 9.47 Å². The van der Waals surface area contributed by atoms with Crippen LogP contribution in [-0.4, -0.2) is 99.1 Å². The van der Waals surface area contributed by atoms with E-state index in [9.17, 15) is 25.5 Å². The molecule has 0 saturated carbocycles. The summed E-state index contributed by atoms with van der Waals surface area (Å²) in [5.41, 5.74) is 0. The molecule has 10 heteroatoms. The van der Waals surface area contributed by atoms with Gasteiger partial charge in [0.2, 0.25) is 0 Å². The molecule has 0 spiro atoms. The van der Waals surface area contributed by atoms with Crippen molar-refractivity contribution in [1.82, 2.24) is 5.32 Å². The van der Waals surface area contributed by atoms with Gasteiger partial charge in [-0.1, -0.05) is 259 Å². The van der Waals surface area contributed by atoms with E-state index in [1.807, 2.05) is 6.92 Å². The Balaban J connectivity index is -0.00000112. The van der Waals surface area contributed by atoms with Crippen molar-refractivity contribution >= 4 is 0 Å². The van der Waals surface area contributed by atoms with Crippen LogP contribution < -0.4 is 5.32 Å². The van der Waals surface area contributed by atoms with E-state index in [0.717, 1.165) is 12.8 Å². The molecule has 0 aromatic heterocycles. The second-order valence-electron chi connectivity index (χ2n) is 18.2. The molecule has 1 heterocycles. The van der Waals surface area contributed by atoms with Crippen molar-refractivity contribution in [3.8, 4) is 0 Å². The minimum atomic E-state index is -1.47. The summed E-state index contributed by atoms with van der Waals surface area (Å²) in [4.78, 5) is 0. The van der Waals surface area contributed by atoms with Crippen molar-refractivity contribution in [3.05, 3.63) is 0 Å². The Morgan fingerprint density at radius 3 is 1.02 bits per heavy atom. The van der Waals surface area contributed by atoms with Gasteiger partial charge in [-0.25, -0.2) is 0 Å². The van der Waals surface area contributed by atoms with Gasteiger partial charge in [-0.15, -0.1) is 0 Å². The highest BCUT2D eigenvalue weighted by Crippen LogP contribution is 2.23. The first kappa shape index (κ1) is 64.9. The van der Waals surface area contributed by atoms with Gasteiger partial charge in [0.1, 0.15) is 24.4 Å². The summed E-state index contributed by atoms with van der Waals surface area (Å²) in [6, 6.07) is -0.338. The fourth-order valence-electron chi connectivity index (χ4n) is 8.40. The molecule has 0 aromatic rings. The summed E-state index contributed by atoms with van der Waals surface area (Å²) in [6.45, 7) is 9.03. The molecule has 1 fully saturated rings. The molecular formula is C51H109NO9. The van der Waals surface area contributed by atoms with Gasteiger partial charge >= 0.3 is 0 Å². The first-order valence-electron chi connectivity index (χ1n) is 26.2. The van der Waals surface area contributed by atoms with Crippen LogP contribution >= 0.6 is 0 Å². The molecule has 0 aliphatic carbocycles. The molecule has 372 valence electrons. The second-order valence-corrected chi connectivity index (χ2v) is 18.2. The number of hydrogen-bond donors (Lipinski definition) is 6. The van der Waals surface area contributed by atoms with Gasteiger partial charge in [-0.3, -0.25) is 0 Å². The van der Waals surface area contributed by atoms with Crippen molar-refractivity contribution in [3.63, 3.8) is 0 Å². The molecule has 0 radical (unpaired) electrons. The van der Waals surface area contributed by atoms with E-state index in [2.05, 4.69) is 26.1 Å². The molecule has 0 amide bonds. The Morgan fingerprint density at radius 2 is 0.738 bits per heavy atom. The van der Waals surface area contributed by atoms with Crippen LogP contribution in [0.4, 0.5) is 0 Å². The van der Waals surface area contributed by atoms with Crippen molar-refractivity contribution < 1.29 is 46.0 Å². The third kappa shape index (κ3) is 39.7. The summed E-state index contributed by atoms with van der Waals surface area (Å²) in [5, 5.41) is 53.0. The van der Waals surface area contributed by atoms with E-state index >= 15 is 0 Å². The SMILES string of the molecule is CCCCCCCCCCCCCCCCCCCCCCCCC.CCCCCCCCCCCCCCC[C@@H](O)[C@H](COC1OC(CO)C(O)C(O)C1O)NCC.O.O. The summed E-state index contributed by atoms with van der Waals surface area (Å²) in [6.07, 6.45) is 44.1. The largest absolute Gasteiger partial charge is 0.412 e. The minimum absolute atomic E-state index is 0. The van der Waals surface area contributed by atoms with Crippen LogP contribution in [0.3, 0.4) is 0 Å². The Hall–Kier alpha value is -0.400. The molecule has 10 nitrogen and oxygen atoms in total. The molecular weight excluding hydrogens is 771 g/mol. The van der Waals surface area contributed by atoms with Gasteiger partial charge in [0.15, 0.2) is 6.29 Å². The molecule has 0 aromatic carbocycles. The zero-order valence-corrected chi connectivity index (χ0v) is 40.9. The summed E-state index contributed by atoms with van der Waals surface area (Å²) < 4.78 is 11.0. The van der Waals surface area contributed by atoms with E-state index in [-0.39, 0.29) is 23.6 Å². The minimum Gasteiger partial charge on any atom is -0.412 e. The molecule has 7 atom stereocenters. The lowest BCUT2D eigenvalue weighted by Crippen LogP contribution is -2.59. The monoisotopic (exact) mass is 880 g/mol. The maximum atomic E-state index is 10.6. The number of aliphatic hydroxyl groups is 5. The third-order valence-electron chi connectivity index (χ3n) is 12.5. The van der Waals surface area contributed by atoms with Crippen LogP contribution in [0.5, 0.6) is 0 Å². The van der Waals surface area contributed by atoms with Crippen LogP contribution in [0.15, 0.2) is 0 Å². The number of hydrogen-bond acceptors (Lipinski definition) is 8. The number of ether oxygens (including phenoxy) is 2. The average Bonchev–Trinajstić information content (AvgIpc) is 3.24. The molecule has 5 unspecified atom stereocenters. The first-order chi connectivity index (χ1) is 28.9. The van der Waals surface area contributed by atoms with Gasteiger partial charge in [-0.05, 0) is 13.0 Å². The van der Waals surface area contributed by atoms with E-state index < -0.39 is 43.4 Å². The van der Waals surface area contributed by atoms with Gasteiger partial charge in [0.05, 0.1) is 25.4 Å². The molecule has 1 aliphatic rings. The van der Waals surface area contributed by atoms with Crippen molar-refractivity contribution in [2.75, 3.05) is 19.8 Å². The zero-order valence-electron chi connectivity index (χ0n) is 40.9. The quantitative estimate of drug-likeness (QED) is 0.0326. The maximum absolute atomic E-state index is 10.6. The molecule has 1 saturated heterocycles. The van der Waals surface area contributed by atoms with E-state index in [0.29, 0.717) is 13.0 Å². The standard InChI is InChI=1S/C26H53NO7.C25H52.2H2O/c1-3-5-6-7-8-9-10-11-12-13-14-15-16-17-21(29)20(27-4-2)19-33-26-25(32)24(31)23(30)22(18-28)34-26;1-3-5-7-9-11-13-15-17-19-21-23-25-24-22-20-18-16-14-12-10-8-6-4-2;;/h20-32H,3-19H2,1-2H3;3-25H2,1-2H3;2*1H2/t20-,21+,22?,23?,24?,25?,26?;;;/m0.../s1. The lowest BCUT2D eigenvalue weighted by atomic mass is 9.99. The van der Waals surface area contributed by atoms with Crippen LogP contribution in [0.2, 0.25) is 0 Å². The van der Waals surface area contributed by atoms with Crippen molar-refractivity contribution in [1.29, 1.82) is 0 Å². The number of likely N-dealkylation sites (N-methyl/N-ethyl adjacent to an activating group) is 1. The van der Waals surface area contributed by atoms with Gasteiger partial charge in [0, 0.05) is 0 Å². The predicted molar refractivity (Wildman–Crippen MR) is 258 cm³/mol. The number of aliphatic hydroxyl groups excluding tert-OH is 5. The summed E-state index contributed by atoms with van der Waals surface area (Å²) in [5.74, 6) is 0. The van der Waals surface area contributed by atoms with Gasteiger partial charge in [-0.2, -0.15) is 0 Å². The topological polar surface area (TPSA) is 195 Å². The van der Waals surface area contributed by atoms with Crippen LogP contribution in [0.25, 0.3) is 0 Å². The molecule has 1 rings (SSSR count). The van der Waals surface area contributed by atoms with Crippen molar-refractivity contribution in [2.24, 2.45) is 0 Å². The summed E-state index contributed by atoms with van der Waals surface area (Å²) >= 11 is 0. The Labute approximate surface area is 378 Å². The number of rotatable bonds is 43. The summed E-state index contributed by atoms with van der Waals surface area (Å²) in [7, 11) is 0. The Kier molecular flexibility index (Phi) is 53.8. The highest BCUT2D eigenvalue weighted by molar-refractivity contribution is 4.89. The fraction of sp³-hybridized carbons (Fsp3) is 1.00. The molecule has 0 bridgehead atoms. The number of unbranched alkanes of at least 4 members (excludes halogenated alkanes) is 34. The average molecular weight is 880 g/mol. The highest BCUT2D eigenvalue weighted by atomic mass is 16.7. The lowest BCUT2D eigenvalue weighted by Gasteiger charge is -2.40. The van der Waals surface area contributed by atoms with Crippen molar-refractivity contribution in [2.45, 2.75) is 308 Å². The smallest absolute Gasteiger partial charge is 0.186 e. The molecule has 10 N–H and O–H groups in total. The normalized spacial score (nSPS) is 19.7. The molecule has 61 heavy (non-hydrogen) atoms. The van der Waals surface area contributed by atoms with Gasteiger partial charge < -0.3 is 51.3 Å². The fourth-order valence-corrected chi connectivity index (χ4v) is 8.40. The number of nitrogens with one attached hydrogen (secondary N) is 1. The zero-order chi connectivity index (χ0) is 43.4. The van der Waals surface area contributed by atoms with E-state index in [1.165, 1.54) is 218 Å². The third-order valence-corrected chi connectivity index (χ3v) is 12.5. The lowest BCUT2D eigenvalue weighted by molar-refractivity contribution is -0.302. The van der Waals surface area contributed by atoms with E-state index in [4.69, 9.17) is 9.47 Å². The first-order valence-corrected chi connectivity index (χ1v) is 26.2. The Bertz CT molecular complexity index is 788. The second kappa shape index (κ2) is 50.6. The highest BCUT2D eigenvalue weighted by Gasteiger charge is 2.44. The van der Waals surface area contributed by atoms with Crippen LogP contribution in [0, 0.1) is 0 Å². The Morgan fingerprint density at radius 1 is 0.443 bits per heavy atom. The van der Waals surface area contributed by atoms with Crippen LogP contribution in [0.1, 0.15) is 265 Å². The van der Waals surface area contributed by atoms with Gasteiger partial charge in [0.25, 0.3) is 0 Å². The maximum Gasteiger partial charge on any atom is 0.186 e. The molecule has 1 aliphatic heterocycles. The predicted octanol–water partition coefficient (Wildman–Crippen LogP) is 11.0. The van der Waals surface area contributed by atoms with E-state index in [1.54, 1.807) is 0 Å².